The summed E-state index contributed by atoms with van der Waals surface area (Å²) < 4.78 is 40.3. The maximum Gasteiger partial charge on any atom is 0.246 e. The van der Waals surface area contributed by atoms with Gasteiger partial charge in [0.1, 0.15) is 10.7 Å². The molecule has 1 aromatic rings. The lowest BCUT2D eigenvalue weighted by Gasteiger charge is -2.23. The van der Waals surface area contributed by atoms with E-state index in [1.54, 1.807) is 12.1 Å². The number of benzene rings is 1. The van der Waals surface area contributed by atoms with Crippen LogP contribution in [0.1, 0.15) is 25.8 Å². The molecule has 1 N–H and O–H groups in total. The van der Waals surface area contributed by atoms with Gasteiger partial charge in [-0.05, 0) is 24.1 Å². The fraction of sp³-hybridized carbons (Fsp3) is 0.467. The Kier molecular flexibility index (Phi) is 5.13. The molecule has 6 heteroatoms. The molecule has 2 rings (SSSR count). The first-order valence-electron chi connectivity index (χ1n) is 7.08. The lowest BCUT2D eigenvalue weighted by atomic mass is 10.2. The summed E-state index contributed by atoms with van der Waals surface area (Å²) in [4.78, 5) is -0.235. The highest BCUT2D eigenvalue weighted by atomic mass is 32.2. The van der Waals surface area contributed by atoms with Crippen LogP contribution in [0.15, 0.2) is 35.2 Å². The molecule has 1 heterocycles. The van der Waals surface area contributed by atoms with Crippen molar-refractivity contribution in [3.8, 4) is 0 Å². The van der Waals surface area contributed by atoms with E-state index in [2.05, 4.69) is 5.32 Å². The van der Waals surface area contributed by atoms with E-state index in [0.717, 1.165) is 5.56 Å². The van der Waals surface area contributed by atoms with E-state index in [1.807, 2.05) is 19.9 Å². The van der Waals surface area contributed by atoms with Gasteiger partial charge in [-0.3, -0.25) is 0 Å². The molecule has 1 aromatic carbocycles. The van der Waals surface area contributed by atoms with Gasteiger partial charge in [0.2, 0.25) is 10.0 Å². The van der Waals surface area contributed by atoms with Crippen molar-refractivity contribution < 1.29 is 12.8 Å². The van der Waals surface area contributed by atoms with Crippen LogP contribution in [-0.2, 0) is 16.6 Å². The highest BCUT2D eigenvalue weighted by Crippen LogP contribution is 2.22. The number of nitrogens with zero attached hydrogens (tertiary/aromatic N) is 1. The van der Waals surface area contributed by atoms with Crippen LogP contribution in [0.3, 0.4) is 0 Å². The van der Waals surface area contributed by atoms with Crippen molar-refractivity contribution in [3.05, 3.63) is 41.7 Å². The Morgan fingerprint density at radius 3 is 2.71 bits per heavy atom. The normalized spacial score (nSPS) is 16.6. The fourth-order valence-corrected chi connectivity index (χ4v) is 3.68. The van der Waals surface area contributed by atoms with Gasteiger partial charge in [-0.2, -0.15) is 4.31 Å². The summed E-state index contributed by atoms with van der Waals surface area (Å²) in [7, 11) is -3.77. The topological polar surface area (TPSA) is 49.4 Å². The lowest BCUT2D eigenvalue weighted by molar-refractivity contribution is 0.432. The minimum absolute atomic E-state index is 0.235. The molecule has 1 aliphatic rings. The Hall–Kier alpha value is -1.24. The molecule has 0 aliphatic carbocycles. The molecule has 21 heavy (non-hydrogen) atoms. The van der Waals surface area contributed by atoms with Crippen molar-refractivity contribution in [2.24, 2.45) is 0 Å². The van der Waals surface area contributed by atoms with E-state index in [0.29, 0.717) is 26.1 Å². The minimum Gasteiger partial charge on any atom is -0.310 e. The molecule has 116 valence electrons. The van der Waals surface area contributed by atoms with Gasteiger partial charge in [-0.25, -0.2) is 12.8 Å². The number of nitrogens with one attached hydrogen (secondary N) is 1. The summed E-state index contributed by atoms with van der Waals surface area (Å²) in [5, 5.41) is 3.20. The zero-order valence-electron chi connectivity index (χ0n) is 12.3. The van der Waals surface area contributed by atoms with Gasteiger partial charge in [0.15, 0.2) is 0 Å². The molecule has 4 nitrogen and oxygen atoms in total. The molecule has 0 amide bonds. The van der Waals surface area contributed by atoms with Crippen LogP contribution >= 0.6 is 0 Å². The van der Waals surface area contributed by atoms with Gasteiger partial charge in [-0.15, -0.1) is 0 Å². The van der Waals surface area contributed by atoms with Crippen LogP contribution in [0.25, 0.3) is 0 Å². The maximum absolute atomic E-state index is 14.0. The zero-order chi connectivity index (χ0) is 15.5. The average molecular weight is 312 g/mol. The molecule has 0 radical (unpaired) electrons. The first-order valence-corrected chi connectivity index (χ1v) is 8.52. The quantitative estimate of drug-likeness (QED) is 0.849. The van der Waals surface area contributed by atoms with Gasteiger partial charge in [-0.1, -0.05) is 32.1 Å². The van der Waals surface area contributed by atoms with Crippen molar-refractivity contribution in [2.45, 2.75) is 37.8 Å². The lowest BCUT2D eigenvalue weighted by Crippen LogP contribution is -2.34. The van der Waals surface area contributed by atoms with E-state index in [1.165, 1.54) is 16.4 Å². The maximum atomic E-state index is 14.0. The van der Waals surface area contributed by atoms with Crippen LogP contribution < -0.4 is 5.32 Å². The van der Waals surface area contributed by atoms with Crippen LogP contribution in [0, 0.1) is 5.82 Å². The second-order valence-corrected chi connectivity index (χ2v) is 7.33. The summed E-state index contributed by atoms with van der Waals surface area (Å²) in [5.74, 6) is -0.696. The van der Waals surface area contributed by atoms with Crippen molar-refractivity contribution in [1.29, 1.82) is 0 Å². The molecule has 0 spiro atoms. The monoisotopic (exact) mass is 312 g/mol. The minimum atomic E-state index is -3.77. The summed E-state index contributed by atoms with van der Waals surface area (Å²) in [5.41, 5.74) is 0.760. The third kappa shape index (κ3) is 3.90. The van der Waals surface area contributed by atoms with E-state index < -0.39 is 15.8 Å². The SMILES string of the molecule is CC(C)NCc1ccc(F)c(S(=O)(=O)N2CC=CCC2)c1. The molecule has 0 bridgehead atoms. The van der Waals surface area contributed by atoms with Crippen molar-refractivity contribution >= 4 is 10.0 Å². The second-order valence-electron chi connectivity index (χ2n) is 5.42. The Balaban J connectivity index is 2.29. The first-order chi connectivity index (χ1) is 9.91. The van der Waals surface area contributed by atoms with Crippen molar-refractivity contribution in [2.75, 3.05) is 13.1 Å². The van der Waals surface area contributed by atoms with Crippen molar-refractivity contribution in [3.63, 3.8) is 0 Å². The predicted molar refractivity (Wildman–Crippen MR) is 80.9 cm³/mol. The van der Waals surface area contributed by atoms with Gasteiger partial charge in [0.25, 0.3) is 0 Å². The zero-order valence-corrected chi connectivity index (χ0v) is 13.2. The summed E-state index contributed by atoms with van der Waals surface area (Å²) in [6, 6.07) is 4.55. The Labute approximate surface area is 125 Å². The third-order valence-electron chi connectivity index (χ3n) is 3.35. The van der Waals surface area contributed by atoms with E-state index in [9.17, 15) is 12.8 Å². The van der Waals surface area contributed by atoms with Crippen molar-refractivity contribution in [1.82, 2.24) is 9.62 Å². The van der Waals surface area contributed by atoms with Gasteiger partial charge in [0.05, 0.1) is 0 Å². The molecular formula is C15H21FN2O2S. The van der Waals surface area contributed by atoms with Gasteiger partial charge >= 0.3 is 0 Å². The molecule has 0 aromatic heterocycles. The summed E-state index contributed by atoms with van der Waals surface area (Å²) in [6.07, 6.45) is 4.39. The highest BCUT2D eigenvalue weighted by molar-refractivity contribution is 7.89. The molecular weight excluding hydrogens is 291 g/mol. The largest absolute Gasteiger partial charge is 0.310 e. The van der Waals surface area contributed by atoms with Gasteiger partial charge in [0, 0.05) is 25.7 Å². The number of halogens is 1. The van der Waals surface area contributed by atoms with E-state index in [-0.39, 0.29) is 10.9 Å². The number of sulfonamides is 1. The third-order valence-corrected chi connectivity index (χ3v) is 5.23. The second kappa shape index (κ2) is 6.68. The van der Waals surface area contributed by atoms with E-state index in [4.69, 9.17) is 0 Å². The van der Waals surface area contributed by atoms with Crippen LogP contribution in [0.2, 0.25) is 0 Å². The highest BCUT2D eigenvalue weighted by Gasteiger charge is 2.27. The Bertz CT molecular complexity index is 627. The molecule has 0 saturated heterocycles. The number of hydrogen-bond acceptors (Lipinski definition) is 3. The summed E-state index contributed by atoms with van der Waals surface area (Å²) >= 11 is 0. The average Bonchev–Trinajstić information content (AvgIpc) is 2.47. The summed E-state index contributed by atoms with van der Waals surface area (Å²) in [6.45, 7) is 5.21. The fourth-order valence-electron chi connectivity index (χ4n) is 2.15. The van der Waals surface area contributed by atoms with Crippen LogP contribution in [0.4, 0.5) is 4.39 Å². The van der Waals surface area contributed by atoms with E-state index >= 15 is 0 Å². The molecule has 0 saturated carbocycles. The Morgan fingerprint density at radius 1 is 1.33 bits per heavy atom. The standard InChI is InChI=1S/C15H21FN2O2S/c1-12(2)17-11-13-6-7-14(16)15(10-13)21(19,20)18-8-4-3-5-9-18/h3-4,6-7,10,12,17H,5,8-9,11H2,1-2H3. The molecule has 0 unspecified atom stereocenters. The van der Waals surface area contributed by atoms with Gasteiger partial charge < -0.3 is 5.32 Å². The predicted octanol–water partition coefficient (Wildman–Crippen LogP) is 2.27. The van der Waals surface area contributed by atoms with Crippen LogP contribution in [-0.4, -0.2) is 31.9 Å². The molecule has 0 fully saturated rings. The van der Waals surface area contributed by atoms with Crippen LogP contribution in [0.5, 0.6) is 0 Å². The number of rotatable bonds is 5. The Morgan fingerprint density at radius 2 is 2.10 bits per heavy atom. The smallest absolute Gasteiger partial charge is 0.246 e. The molecule has 1 aliphatic heterocycles. The number of hydrogen-bond donors (Lipinski definition) is 1. The first kappa shape index (κ1) is 16.1. The molecule has 0 atom stereocenters.